The van der Waals surface area contributed by atoms with Crippen molar-refractivity contribution in [3.8, 4) is 5.75 Å². The van der Waals surface area contributed by atoms with Crippen LogP contribution in [0.2, 0.25) is 0 Å². The van der Waals surface area contributed by atoms with Gasteiger partial charge in [0.15, 0.2) is 5.75 Å². The third kappa shape index (κ3) is 8.20. The van der Waals surface area contributed by atoms with Crippen LogP contribution in [-0.2, 0) is 29.1 Å². The zero-order chi connectivity index (χ0) is 14.8. The lowest BCUT2D eigenvalue weighted by molar-refractivity contribution is -0.696. The molecule has 1 atom stereocenters. The van der Waals surface area contributed by atoms with E-state index in [-0.39, 0.29) is 6.61 Å². The van der Waals surface area contributed by atoms with Gasteiger partial charge in [0.1, 0.15) is 6.10 Å². The summed E-state index contributed by atoms with van der Waals surface area (Å²) in [5, 5.41) is 12.5. The van der Waals surface area contributed by atoms with Gasteiger partial charge in [0.25, 0.3) is 0 Å². The molecule has 0 fully saturated rings. The van der Waals surface area contributed by atoms with Gasteiger partial charge in [0.05, 0.1) is 6.61 Å². The Morgan fingerprint density at radius 2 is 1.85 bits per heavy atom. The quantitative estimate of drug-likeness (QED) is 0.288. The smallest absolute Gasteiger partial charge is 0.306 e. The van der Waals surface area contributed by atoms with Gasteiger partial charge in [0.2, 0.25) is 0 Å². The molecule has 0 radical (unpaired) electrons. The predicted molar refractivity (Wildman–Crippen MR) is 63.5 cm³/mol. The Hall–Kier alpha value is -1.03. The van der Waals surface area contributed by atoms with Gasteiger partial charge in [-0.1, -0.05) is 25.1 Å². The molecule has 1 unspecified atom stereocenters. The molecule has 1 aromatic carbocycles. The second kappa shape index (κ2) is 9.01. The van der Waals surface area contributed by atoms with Gasteiger partial charge in [-0.2, -0.15) is 4.89 Å². The maximum Gasteiger partial charge on any atom is 0.469 e. The SMILES string of the molecule is CCC(COP(=O)(O)O)OOOOOc1ccccc1. The highest BCUT2D eigenvalue weighted by Gasteiger charge is 2.18. The first-order valence-corrected chi connectivity index (χ1v) is 7.12. The number of rotatable bonds is 10. The van der Waals surface area contributed by atoms with Gasteiger partial charge in [-0.05, 0) is 23.6 Å². The molecular weight excluding hydrogens is 295 g/mol. The van der Waals surface area contributed by atoms with Gasteiger partial charge >= 0.3 is 7.82 Å². The number of para-hydroxylation sites is 1. The molecule has 0 aliphatic heterocycles. The van der Waals surface area contributed by atoms with E-state index in [1.165, 1.54) is 0 Å². The van der Waals surface area contributed by atoms with Crippen molar-refractivity contribution in [3.63, 3.8) is 0 Å². The minimum absolute atomic E-state index is 0.364. The molecule has 2 N–H and O–H groups in total. The van der Waals surface area contributed by atoms with Gasteiger partial charge in [-0.25, -0.2) is 4.57 Å². The summed E-state index contributed by atoms with van der Waals surface area (Å²) >= 11 is 0. The molecule has 0 aliphatic rings. The Labute approximate surface area is 114 Å². The minimum Gasteiger partial charge on any atom is -0.306 e. The molecule has 20 heavy (non-hydrogen) atoms. The van der Waals surface area contributed by atoms with Crippen molar-refractivity contribution in [1.29, 1.82) is 0 Å². The largest absolute Gasteiger partial charge is 0.469 e. The summed E-state index contributed by atoms with van der Waals surface area (Å²) in [6.07, 6.45) is -0.383. The Bertz CT molecular complexity index is 406. The Morgan fingerprint density at radius 1 is 1.15 bits per heavy atom. The van der Waals surface area contributed by atoms with Crippen LogP contribution in [-0.4, -0.2) is 22.5 Å². The molecule has 0 aliphatic carbocycles. The van der Waals surface area contributed by atoms with Crippen LogP contribution in [0.1, 0.15) is 13.3 Å². The Morgan fingerprint density at radius 3 is 2.45 bits per heavy atom. The van der Waals surface area contributed by atoms with Gasteiger partial charge < -0.3 is 14.7 Å². The molecule has 0 amide bonds. The van der Waals surface area contributed by atoms with E-state index in [1.54, 1.807) is 37.3 Å². The van der Waals surface area contributed by atoms with E-state index in [4.69, 9.17) is 9.79 Å². The lowest BCUT2D eigenvalue weighted by Crippen LogP contribution is -2.19. The summed E-state index contributed by atoms with van der Waals surface area (Å²) in [7, 11) is -4.55. The molecule has 1 aromatic rings. The molecule has 0 heterocycles. The van der Waals surface area contributed by atoms with Crippen molar-refractivity contribution in [2.75, 3.05) is 6.61 Å². The third-order valence-electron chi connectivity index (χ3n) is 1.99. The first-order chi connectivity index (χ1) is 9.51. The minimum atomic E-state index is -4.55. The van der Waals surface area contributed by atoms with E-state index >= 15 is 0 Å². The normalized spacial score (nSPS) is 13.2. The fraction of sp³-hybridized carbons (Fsp3) is 0.400. The average molecular weight is 310 g/mol. The molecular formula is C10H15O9P. The lowest BCUT2D eigenvalue weighted by Gasteiger charge is -2.13. The summed E-state index contributed by atoms with van der Waals surface area (Å²) in [5.41, 5.74) is 0. The van der Waals surface area contributed by atoms with Crippen LogP contribution < -0.4 is 4.89 Å². The maximum atomic E-state index is 10.5. The number of benzene rings is 1. The fourth-order valence-electron chi connectivity index (χ4n) is 1.01. The summed E-state index contributed by atoms with van der Waals surface area (Å²) < 4.78 is 14.7. The van der Waals surface area contributed by atoms with E-state index < -0.39 is 13.9 Å². The number of hydrogen-bond acceptors (Lipinski definition) is 7. The molecule has 0 spiro atoms. The van der Waals surface area contributed by atoms with Crippen molar-refractivity contribution in [3.05, 3.63) is 30.3 Å². The van der Waals surface area contributed by atoms with E-state index in [9.17, 15) is 4.57 Å². The highest BCUT2D eigenvalue weighted by atomic mass is 31.2. The highest BCUT2D eigenvalue weighted by molar-refractivity contribution is 7.46. The molecule has 0 aromatic heterocycles. The monoisotopic (exact) mass is 310 g/mol. The molecule has 0 saturated carbocycles. The standard InChI is InChI=1S/C10H15O9P/c1-2-9(8-14-20(11,12)13)15-17-19-18-16-10-6-4-3-5-7-10/h3-7,9H,2,8H2,1H3,(H2,11,12,13). The van der Waals surface area contributed by atoms with Crippen molar-refractivity contribution in [2.24, 2.45) is 0 Å². The lowest BCUT2D eigenvalue weighted by atomic mass is 10.3. The van der Waals surface area contributed by atoms with E-state index in [2.05, 4.69) is 29.4 Å². The number of phosphoric ester groups is 1. The second-order valence-corrected chi connectivity index (χ2v) is 4.75. The van der Waals surface area contributed by atoms with E-state index in [1.807, 2.05) is 0 Å². The molecule has 0 saturated heterocycles. The van der Waals surface area contributed by atoms with Crippen molar-refractivity contribution in [2.45, 2.75) is 19.4 Å². The first-order valence-electron chi connectivity index (χ1n) is 5.59. The van der Waals surface area contributed by atoms with E-state index in [0.29, 0.717) is 12.2 Å². The number of hydrogen-bond donors (Lipinski definition) is 2. The molecule has 9 nitrogen and oxygen atoms in total. The van der Waals surface area contributed by atoms with Crippen LogP contribution in [0.15, 0.2) is 30.3 Å². The van der Waals surface area contributed by atoms with Crippen molar-refractivity contribution >= 4 is 7.82 Å². The summed E-state index contributed by atoms with van der Waals surface area (Å²) in [6.45, 7) is 1.32. The summed E-state index contributed by atoms with van der Waals surface area (Å²) in [6, 6.07) is 8.48. The fourth-order valence-corrected chi connectivity index (χ4v) is 1.37. The van der Waals surface area contributed by atoms with Crippen LogP contribution in [0.25, 0.3) is 0 Å². The van der Waals surface area contributed by atoms with Crippen LogP contribution in [0.5, 0.6) is 5.75 Å². The van der Waals surface area contributed by atoms with Crippen LogP contribution >= 0.6 is 7.82 Å². The van der Waals surface area contributed by atoms with Crippen molar-refractivity contribution in [1.82, 2.24) is 0 Å². The molecule has 0 bridgehead atoms. The zero-order valence-corrected chi connectivity index (χ0v) is 11.5. The van der Waals surface area contributed by atoms with Crippen molar-refractivity contribution < 1.29 is 43.8 Å². The Kier molecular flexibility index (Phi) is 7.67. The highest BCUT2D eigenvalue weighted by Crippen LogP contribution is 2.36. The summed E-state index contributed by atoms with van der Waals surface area (Å²) in [5.74, 6) is 0.382. The average Bonchev–Trinajstić information content (AvgIpc) is 2.42. The summed E-state index contributed by atoms with van der Waals surface area (Å²) in [4.78, 5) is 26.3. The third-order valence-corrected chi connectivity index (χ3v) is 2.47. The maximum absolute atomic E-state index is 10.5. The second-order valence-electron chi connectivity index (χ2n) is 3.51. The van der Waals surface area contributed by atoms with Crippen LogP contribution in [0.4, 0.5) is 0 Å². The first kappa shape index (κ1) is 17.0. The topological polar surface area (TPSA) is 113 Å². The Balaban J connectivity index is 2.11. The van der Waals surface area contributed by atoms with Crippen LogP contribution in [0.3, 0.4) is 0 Å². The molecule has 10 heteroatoms. The van der Waals surface area contributed by atoms with Gasteiger partial charge in [-0.15, -0.1) is 0 Å². The van der Waals surface area contributed by atoms with Gasteiger partial charge in [0, 0.05) is 10.1 Å². The molecule has 114 valence electrons. The predicted octanol–water partition coefficient (Wildman–Crippen LogP) is 1.68. The number of phosphoric acid groups is 1. The van der Waals surface area contributed by atoms with E-state index in [0.717, 1.165) is 0 Å². The van der Waals surface area contributed by atoms with Gasteiger partial charge in [-0.3, -0.25) is 4.52 Å². The van der Waals surface area contributed by atoms with Crippen LogP contribution in [0, 0.1) is 0 Å². The molecule has 1 rings (SSSR count). The zero-order valence-electron chi connectivity index (χ0n) is 10.6.